The topological polar surface area (TPSA) is 60.9 Å². The molecule has 1 fully saturated rings. The Balaban J connectivity index is 2.20. The van der Waals surface area contributed by atoms with E-state index in [9.17, 15) is 13.5 Å². The number of aliphatic hydroxyl groups is 1. The molecule has 1 aliphatic rings. The van der Waals surface area contributed by atoms with E-state index in [0.29, 0.717) is 4.90 Å². The van der Waals surface area contributed by atoms with Gasteiger partial charge < -0.3 is 10.0 Å². The van der Waals surface area contributed by atoms with Crippen LogP contribution in [0.3, 0.4) is 0 Å². The average molecular weight is 312 g/mol. The molecule has 21 heavy (non-hydrogen) atoms. The molecule has 0 saturated carbocycles. The first kappa shape index (κ1) is 16.3. The number of para-hydroxylation sites is 1. The van der Waals surface area contributed by atoms with Gasteiger partial charge in [-0.15, -0.1) is 0 Å². The molecule has 2 rings (SSSR count). The molecule has 1 heterocycles. The van der Waals surface area contributed by atoms with E-state index in [0.717, 1.165) is 38.3 Å². The van der Waals surface area contributed by atoms with E-state index < -0.39 is 9.84 Å². The summed E-state index contributed by atoms with van der Waals surface area (Å²) >= 11 is 0. The summed E-state index contributed by atoms with van der Waals surface area (Å²) in [5.74, 6) is 0. The third-order valence-electron chi connectivity index (χ3n) is 4.02. The normalized spacial score (nSPS) is 19.3. The molecular weight excluding hydrogens is 288 g/mol. The number of benzene rings is 1. The van der Waals surface area contributed by atoms with Crippen molar-refractivity contribution in [3.63, 3.8) is 0 Å². The molecular formula is C15H24N2O3S. The lowest BCUT2D eigenvalue weighted by molar-refractivity contribution is 0.141. The quantitative estimate of drug-likeness (QED) is 0.898. The Bertz CT molecular complexity index is 574. The van der Waals surface area contributed by atoms with Gasteiger partial charge in [0, 0.05) is 38.5 Å². The monoisotopic (exact) mass is 312 g/mol. The second-order valence-corrected chi connectivity index (χ2v) is 7.63. The second-order valence-electron chi connectivity index (χ2n) is 5.65. The van der Waals surface area contributed by atoms with Crippen molar-refractivity contribution in [2.75, 3.05) is 43.9 Å². The molecule has 0 amide bonds. The summed E-state index contributed by atoms with van der Waals surface area (Å²) in [4.78, 5) is 4.79. The Morgan fingerprint density at radius 1 is 1.19 bits per heavy atom. The van der Waals surface area contributed by atoms with Crippen molar-refractivity contribution in [1.82, 2.24) is 4.90 Å². The van der Waals surface area contributed by atoms with Crippen LogP contribution in [-0.2, 0) is 9.84 Å². The van der Waals surface area contributed by atoms with Crippen LogP contribution in [0, 0.1) is 0 Å². The SMILES string of the molecule is CC(CO)N1CCCN(c2ccccc2S(C)(=O)=O)CC1. The van der Waals surface area contributed by atoms with E-state index >= 15 is 0 Å². The third kappa shape index (κ3) is 3.96. The summed E-state index contributed by atoms with van der Waals surface area (Å²) in [6, 6.07) is 7.33. The van der Waals surface area contributed by atoms with Gasteiger partial charge in [-0.25, -0.2) is 8.42 Å². The molecule has 0 radical (unpaired) electrons. The minimum Gasteiger partial charge on any atom is -0.395 e. The summed E-state index contributed by atoms with van der Waals surface area (Å²) in [5, 5.41) is 9.28. The van der Waals surface area contributed by atoms with Gasteiger partial charge >= 0.3 is 0 Å². The number of sulfone groups is 1. The number of nitrogens with zero attached hydrogens (tertiary/aromatic N) is 2. The maximum absolute atomic E-state index is 11.9. The molecule has 118 valence electrons. The van der Waals surface area contributed by atoms with Gasteiger partial charge in [0.15, 0.2) is 9.84 Å². The van der Waals surface area contributed by atoms with Crippen LogP contribution < -0.4 is 4.90 Å². The molecule has 1 aliphatic heterocycles. The van der Waals surface area contributed by atoms with Crippen LogP contribution in [0.4, 0.5) is 5.69 Å². The van der Waals surface area contributed by atoms with Gasteiger partial charge in [-0.3, -0.25) is 4.90 Å². The molecule has 1 atom stereocenters. The van der Waals surface area contributed by atoms with E-state index in [1.807, 2.05) is 19.1 Å². The number of hydrogen-bond acceptors (Lipinski definition) is 5. The lowest BCUT2D eigenvalue weighted by Crippen LogP contribution is -2.38. The molecule has 1 unspecified atom stereocenters. The first-order valence-electron chi connectivity index (χ1n) is 7.32. The molecule has 0 bridgehead atoms. The van der Waals surface area contributed by atoms with Crippen molar-refractivity contribution in [2.45, 2.75) is 24.3 Å². The Hall–Kier alpha value is -1.11. The summed E-state index contributed by atoms with van der Waals surface area (Å²) in [7, 11) is -3.22. The molecule has 0 spiro atoms. The zero-order valence-electron chi connectivity index (χ0n) is 12.7. The maximum Gasteiger partial charge on any atom is 0.177 e. The average Bonchev–Trinajstić information content (AvgIpc) is 2.71. The van der Waals surface area contributed by atoms with Gasteiger partial charge in [-0.05, 0) is 25.5 Å². The fourth-order valence-corrected chi connectivity index (χ4v) is 3.67. The lowest BCUT2D eigenvalue weighted by atomic mass is 10.2. The minimum atomic E-state index is -3.22. The zero-order valence-corrected chi connectivity index (χ0v) is 13.5. The van der Waals surface area contributed by atoms with Gasteiger partial charge in [-0.1, -0.05) is 12.1 Å². The van der Waals surface area contributed by atoms with Crippen LogP contribution in [0.15, 0.2) is 29.2 Å². The highest BCUT2D eigenvalue weighted by Gasteiger charge is 2.22. The smallest absolute Gasteiger partial charge is 0.177 e. The van der Waals surface area contributed by atoms with Gasteiger partial charge in [0.25, 0.3) is 0 Å². The van der Waals surface area contributed by atoms with Crippen molar-refractivity contribution in [1.29, 1.82) is 0 Å². The molecule has 1 saturated heterocycles. The van der Waals surface area contributed by atoms with Crippen LogP contribution >= 0.6 is 0 Å². The fraction of sp³-hybridized carbons (Fsp3) is 0.600. The Morgan fingerprint density at radius 2 is 1.90 bits per heavy atom. The van der Waals surface area contributed by atoms with E-state index in [1.54, 1.807) is 12.1 Å². The molecule has 5 nitrogen and oxygen atoms in total. The number of aliphatic hydroxyl groups excluding tert-OH is 1. The standard InChI is InChI=1S/C15H24N2O3S/c1-13(12-18)16-8-5-9-17(11-10-16)14-6-3-4-7-15(14)21(2,19)20/h3-4,6-7,13,18H,5,8-12H2,1-2H3. The van der Waals surface area contributed by atoms with Crippen molar-refractivity contribution in [2.24, 2.45) is 0 Å². The van der Waals surface area contributed by atoms with Crippen LogP contribution in [0.5, 0.6) is 0 Å². The summed E-state index contributed by atoms with van der Waals surface area (Å²) in [6.07, 6.45) is 2.21. The minimum absolute atomic E-state index is 0.148. The van der Waals surface area contributed by atoms with Gasteiger partial charge in [0.1, 0.15) is 0 Å². The predicted octanol–water partition coefficient (Wildman–Crippen LogP) is 0.983. The molecule has 0 aromatic heterocycles. The van der Waals surface area contributed by atoms with Crippen molar-refractivity contribution >= 4 is 15.5 Å². The Morgan fingerprint density at radius 3 is 2.57 bits per heavy atom. The molecule has 0 aliphatic carbocycles. The summed E-state index contributed by atoms with van der Waals surface area (Å²) in [6.45, 7) is 5.54. The van der Waals surface area contributed by atoms with Gasteiger partial charge in [-0.2, -0.15) is 0 Å². The molecule has 1 aromatic rings. The van der Waals surface area contributed by atoms with Crippen LogP contribution in [0.1, 0.15) is 13.3 Å². The van der Waals surface area contributed by atoms with Crippen molar-refractivity contribution in [3.05, 3.63) is 24.3 Å². The van der Waals surface area contributed by atoms with Gasteiger partial charge in [0.05, 0.1) is 17.2 Å². The van der Waals surface area contributed by atoms with Crippen LogP contribution in [0.2, 0.25) is 0 Å². The predicted molar refractivity (Wildman–Crippen MR) is 84.5 cm³/mol. The molecule has 6 heteroatoms. The van der Waals surface area contributed by atoms with E-state index in [-0.39, 0.29) is 12.6 Å². The number of anilines is 1. The Kier molecular flexibility index (Phi) is 5.24. The van der Waals surface area contributed by atoms with Crippen LogP contribution in [-0.4, -0.2) is 63.5 Å². The largest absolute Gasteiger partial charge is 0.395 e. The first-order chi connectivity index (χ1) is 9.93. The van der Waals surface area contributed by atoms with Crippen LogP contribution in [0.25, 0.3) is 0 Å². The first-order valence-corrected chi connectivity index (χ1v) is 9.21. The summed E-state index contributed by atoms with van der Waals surface area (Å²) in [5.41, 5.74) is 0.790. The highest BCUT2D eigenvalue weighted by atomic mass is 32.2. The van der Waals surface area contributed by atoms with Gasteiger partial charge in [0.2, 0.25) is 0 Å². The van der Waals surface area contributed by atoms with Crippen molar-refractivity contribution < 1.29 is 13.5 Å². The summed E-state index contributed by atoms with van der Waals surface area (Å²) < 4.78 is 23.9. The van der Waals surface area contributed by atoms with E-state index in [1.165, 1.54) is 6.26 Å². The highest BCUT2D eigenvalue weighted by Crippen LogP contribution is 2.26. The fourth-order valence-electron chi connectivity index (χ4n) is 2.77. The molecule has 1 aromatic carbocycles. The van der Waals surface area contributed by atoms with Crippen molar-refractivity contribution in [3.8, 4) is 0 Å². The zero-order chi connectivity index (χ0) is 15.5. The van der Waals surface area contributed by atoms with E-state index in [2.05, 4.69) is 9.80 Å². The number of hydrogen-bond donors (Lipinski definition) is 1. The molecule has 1 N–H and O–H groups in total. The maximum atomic E-state index is 11.9. The van der Waals surface area contributed by atoms with E-state index in [4.69, 9.17) is 0 Å². The second kappa shape index (κ2) is 6.77. The third-order valence-corrected chi connectivity index (χ3v) is 5.17. The Labute approximate surface area is 127 Å². The number of rotatable bonds is 4. The highest BCUT2D eigenvalue weighted by molar-refractivity contribution is 7.90. The lowest BCUT2D eigenvalue weighted by Gasteiger charge is -2.27.